The zero-order chi connectivity index (χ0) is 32.4. The molecule has 0 saturated carbocycles. The molecule has 0 fully saturated rings. The molecule has 6 heteroatoms. The molecule has 44 heavy (non-hydrogen) atoms. The second kappa shape index (κ2) is 34.3. The number of unbranched alkanes of at least 4 members (excludes halogenated alkanes) is 23. The molecule has 0 aliphatic heterocycles. The molecule has 0 aliphatic carbocycles. The van der Waals surface area contributed by atoms with E-state index in [0.29, 0.717) is 19.3 Å². The van der Waals surface area contributed by atoms with Crippen LogP contribution in [0.1, 0.15) is 207 Å². The van der Waals surface area contributed by atoms with Gasteiger partial charge in [0.2, 0.25) is 0 Å². The summed E-state index contributed by atoms with van der Waals surface area (Å²) in [7, 11) is 0. The van der Waals surface area contributed by atoms with Crippen LogP contribution in [0.2, 0.25) is 0 Å². The van der Waals surface area contributed by atoms with Gasteiger partial charge in [-0.1, -0.05) is 168 Å². The SMILES string of the molecule is CCCCCCCCCCCCCCC(=O)O[C@@H](COC(=O)CCCCCCCC)COC(=O)CCCCCCCCCC. The summed E-state index contributed by atoms with van der Waals surface area (Å²) in [6.07, 6.45) is 31.0. The van der Waals surface area contributed by atoms with Crippen molar-refractivity contribution in [3.63, 3.8) is 0 Å². The number of rotatable bonds is 34. The Hall–Kier alpha value is -1.59. The van der Waals surface area contributed by atoms with Crippen LogP contribution in [0.25, 0.3) is 0 Å². The van der Waals surface area contributed by atoms with Crippen LogP contribution in [-0.4, -0.2) is 37.2 Å². The minimum atomic E-state index is -0.754. The molecule has 0 unspecified atom stereocenters. The lowest BCUT2D eigenvalue weighted by molar-refractivity contribution is -0.167. The maximum atomic E-state index is 12.6. The van der Waals surface area contributed by atoms with Crippen molar-refractivity contribution in [2.45, 2.75) is 213 Å². The van der Waals surface area contributed by atoms with Gasteiger partial charge in [0.25, 0.3) is 0 Å². The Bertz CT molecular complexity index is 649. The quantitative estimate of drug-likeness (QED) is 0.0402. The molecule has 6 nitrogen and oxygen atoms in total. The lowest BCUT2D eigenvalue weighted by Crippen LogP contribution is -2.30. The van der Waals surface area contributed by atoms with Gasteiger partial charge in [0, 0.05) is 19.3 Å². The lowest BCUT2D eigenvalue weighted by atomic mass is 10.0. The highest BCUT2D eigenvalue weighted by Gasteiger charge is 2.19. The molecule has 0 spiro atoms. The number of carbonyl (C=O) groups excluding carboxylic acids is 3. The molecule has 0 bridgehead atoms. The largest absolute Gasteiger partial charge is 0.462 e. The van der Waals surface area contributed by atoms with Gasteiger partial charge in [-0.3, -0.25) is 14.4 Å². The van der Waals surface area contributed by atoms with Gasteiger partial charge in [-0.25, -0.2) is 0 Å². The Kier molecular flexibility index (Phi) is 33.0. The number of carbonyl (C=O) groups is 3. The summed E-state index contributed by atoms with van der Waals surface area (Å²) >= 11 is 0. The fourth-order valence-corrected chi connectivity index (χ4v) is 5.44. The minimum Gasteiger partial charge on any atom is -0.462 e. The standard InChI is InChI=1S/C38H72O6/c1-4-7-10-13-16-18-19-20-21-23-26-29-32-38(41)44-35(33-42-36(39)30-27-24-15-12-9-6-3)34-43-37(40)31-28-25-22-17-14-11-8-5-2/h35H,4-34H2,1-3H3/t35-/m0/s1. The molecule has 0 amide bonds. The van der Waals surface area contributed by atoms with Crippen LogP contribution in [0, 0.1) is 0 Å². The van der Waals surface area contributed by atoms with Crippen molar-refractivity contribution < 1.29 is 28.6 Å². The van der Waals surface area contributed by atoms with E-state index in [0.717, 1.165) is 57.8 Å². The zero-order valence-electron chi connectivity index (χ0n) is 29.4. The molecule has 0 aromatic heterocycles. The third kappa shape index (κ3) is 31.8. The van der Waals surface area contributed by atoms with E-state index in [1.807, 2.05) is 0 Å². The van der Waals surface area contributed by atoms with Crippen LogP contribution in [0.3, 0.4) is 0 Å². The monoisotopic (exact) mass is 625 g/mol. The number of ether oxygens (including phenoxy) is 3. The number of hydrogen-bond donors (Lipinski definition) is 0. The fraction of sp³-hybridized carbons (Fsp3) is 0.921. The molecule has 0 aromatic rings. The molecule has 0 radical (unpaired) electrons. The van der Waals surface area contributed by atoms with Crippen molar-refractivity contribution in [2.24, 2.45) is 0 Å². The van der Waals surface area contributed by atoms with Crippen molar-refractivity contribution >= 4 is 17.9 Å². The predicted molar refractivity (Wildman–Crippen MR) is 183 cm³/mol. The normalized spacial score (nSPS) is 11.8. The fourth-order valence-electron chi connectivity index (χ4n) is 5.44. The van der Waals surface area contributed by atoms with Crippen LogP contribution >= 0.6 is 0 Å². The van der Waals surface area contributed by atoms with Crippen LogP contribution in [0.5, 0.6) is 0 Å². The molecule has 0 aromatic carbocycles. The summed E-state index contributed by atoms with van der Waals surface area (Å²) in [5, 5.41) is 0. The molecular weight excluding hydrogens is 552 g/mol. The van der Waals surface area contributed by atoms with E-state index in [9.17, 15) is 14.4 Å². The van der Waals surface area contributed by atoms with Crippen molar-refractivity contribution in [1.29, 1.82) is 0 Å². The van der Waals surface area contributed by atoms with E-state index in [-0.39, 0.29) is 31.1 Å². The summed E-state index contributed by atoms with van der Waals surface area (Å²) in [5.74, 6) is -0.877. The molecule has 260 valence electrons. The van der Waals surface area contributed by atoms with Gasteiger partial charge < -0.3 is 14.2 Å². The summed E-state index contributed by atoms with van der Waals surface area (Å²) in [4.78, 5) is 37.2. The average Bonchev–Trinajstić information content (AvgIpc) is 3.02. The molecular formula is C38H72O6. The van der Waals surface area contributed by atoms with E-state index in [1.165, 1.54) is 109 Å². The Labute approximate surface area is 272 Å². The van der Waals surface area contributed by atoms with Crippen molar-refractivity contribution in [2.75, 3.05) is 13.2 Å². The van der Waals surface area contributed by atoms with Crippen LogP contribution in [0.15, 0.2) is 0 Å². The van der Waals surface area contributed by atoms with Gasteiger partial charge in [0.05, 0.1) is 0 Å². The first-order valence-corrected chi connectivity index (χ1v) is 19.0. The summed E-state index contributed by atoms with van der Waals surface area (Å²) in [6, 6.07) is 0. The van der Waals surface area contributed by atoms with Crippen LogP contribution in [0.4, 0.5) is 0 Å². The van der Waals surface area contributed by atoms with Gasteiger partial charge in [-0.15, -0.1) is 0 Å². The zero-order valence-corrected chi connectivity index (χ0v) is 29.4. The first-order chi connectivity index (χ1) is 21.5. The second-order valence-electron chi connectivity index (χ2n) is 12.9. The predicted octanol–water partition coefficient (Wildman–Crippen LogP) is 11.4. The Morgan fingerprint density at radius 1 is 0.364 bits per heavy atom. The van der Waals surface area contributed by atoms with Crippen molar-refractivity contribution in [1.82, 2.24) is 0 Å². The highest BCUT2D eigenvalue weighted by molar-refractivity contribution is 5.71. The van der Waals surface area contributed by atoms with Crippen LogP contribution < -0.4 is 0 Å². The van der Waals surface area contributed by atoms with Crippen molar-refractivity contribution in [3.8, 4) is 0 Å². The highest BCUT2D eigenvalue weighted by Crippen LogP contribution is 2.14. The van der Waals surface area contributed by atoms with Gasteiger partial charge in [-0.2, -0.15) is 0 Å². The average molecular weight is 625 g/mol. The first-order valence-electron chi connectivity index (χ1n) is 19.0. The molecule has 0 saturated heterocycles. The second-order valence-corrected chi connectivity index (χ2v) is 12.9. The van der Waals surface area contributed by atoms with E-state index in [1.54, 1.807) is 0 Å². The van der Waals surface area contributed by atoms with Gasteiger partial charge >= 0.3 is 17.9 Å². The first kappa shape index (κ1) is 42.4. The van der Waals surface area contributed by atoms with E-state index < -0.39 is 6.10 Å². The van der Waals surface area contributed by atoms with Crippen molar-refractivity contribution in [3.05, 3.63) is 0 Å². The number of esters is 3. The van der Waals surface area contributed by atoms with E-state index in [4.69, 9.17) is 14.2 Å². The minimum absolute atomic E-state index is 0.0651. The summed E-state index contributed by atoms with van der Waals surface area (Å²) < 4.78 is 16.5. The maximum absolute atomic E-state index is 12.6. The maximum Gasteiger partial charge on any atom is 0.306 e. The van der Waals surface area contributed by atoms with E-state index >= 15 is 0 Å². The Balaban J connectivity index is 4.30. The molecule has 0 rings (SSSR count). The Morgan fingerprint density at radius 3 is 0.909 bits per heavy atom. The van der Waals surface area contributed by atoms with Gasteiger partial charge in [-0.05, 0) is 19.3 Å². The highest BCUT2D eigenvalue weighted by atomic mass is 16.6. The third-order valence-electron chi connectivity index (χ3n) is 8.36. The topological polar surface area (TPSA) is 78.9 Å². The van der Waals surface area contributed by atoms with Crippen LogP contribution in [-0.2, 0) is 28.6 Å². The molecule has 0 heterocycles. The number of hydrogen-bond acceptors (Lipinski definition) is 6. The Morgan fingerprint density at radius 2 is 0.614 bits per heavy atom. The lowest BCUT2D eigenvalue weighted by Gasteiger charge is -2.18. The van der Waals surface area contributed by atoms with E-state index in [2.05, 4.69) is 20.8 Å². The molecule has 1 atom stereocenters. The molecule has 0 N–H and O–H groups in total. The molecule has 0 aliphatic rings. The summed E-state index contributed by atoms with van der Waals surface area (Å²) in [6.45, 7) is 6.53. The van der Waals surface area contributed by atoms with Gasteiger partial charge in [0.1, 0.15) is 13.2 Å². The van der Waals surface area contributed by atoms with Gasteiger partial charge in [0.15, 0.2) is 6.10 Å². The third-order valence-corrected chi connectivity index (χ3v) is 8.36. The smallest absolute Gasteiger partial charge is 0.306 e. The summed E-state index contributed by atoms with van der Waals surface area (Å²) in [5.41, 5.74) is 0.